The minimum Gasteiger partial charge on any atom is -0.476 e. The SMILES string of the molecule is O=C(O)c1cc(-c2ccccc2)n(CCCN2CCOCC2)n1. The van der Waals surface area contributed by atoms with Gasteiger partial charge in [0.25, 0.3) is 0 Å². The lowest BCUT2D eigenvalue weighted by Crippen LogP contribution is -2.37. The van der Waals surface area contributed by atoms with Gasteiger partial charge in [-0.3, -0.25) is 9.58 Å². The van der Waals surface area contributed by atoms with Crippen molar-refractivity contribution in [3.8, 4) is 11.3 Å². The summed E-state index contributed by atoms with van der Waals surface area (Å²) in [6.45, 7) is 5.19. The molecule has 3 rings (SSSR count). The minimum atomic E-state index is -0.992. The van der Waals surface area contributed by atoms with Gasteiger partial charge in [-0.25, -0.2) is 4.79 Å². The van der Waals surface area contributed by atoms with Crippen LogP contribution in [0, 0.1) is 0 Å². The van der Waals surface area contributed by atoms with E-state index in [4.69, 9.17) is 4.74 Å². The molecule has 1 aliphatic heterocycles. The van der Waals surface area contributed by atoms with E-state index in [0.29, 0.717) is 6.54 Å². The van der Waals surface area contributed by atoms with Crippen molar-refractivity contribution < 1.29 is 14.6 Å². The van der Waals surface area contributed by atoms with E-state index in [1.807, 2.05) is 30.3 Å². The van der Waals surface area contributed by atoms with Gasteiger partial charge >= 0.3 is 5.97 Å². The number of morpholine rings is 1. The number of aromatic nitrogens is 2. The summed E-state index contributed by atoms with van der Waals surface area (Å²) in [7, 11) is 0. The molecule has 1 aliphatic rings. The predicted molar refractivity (Wildman–Crippen MR) is 86.5 cm³/mol. The number of aryl methyl sites for hydroxylation is 1. The number of carboxylic acid groups (broad SMARTS) is 1. The number of carboxylic acids is 1. The van der Waals surface area contributed by atoms with Crippen LogP contribution in [0.3, 0.4) is 0 Å². The Bertz CT molecular complexity index is 648. The Balaban J connectivity index is 1.71. The van der Waals surface area contributed by atoms with E-state index in [2.05, 4.69) is 10.00 Å². The molecule has 6 nitrogen and oxygen atoms in total. The standard InChI is InChI=1S/C17H21N3O3/c21-17(22)15-13-16(14-5-2-1-3-6-14)20(18-15)8-4-7-19-9-11-23-12-10-19/h1-3,5-6,13H,4,7-12H2,(H,21,22). The first-order valence-corrected chi connectivity index (χ1v) is 7.91. The zero-order valence-corrected chi connectivity index (χ0v) is 13.0. The van der Waals surface area contributed by atoms with E-state index < -0.39 is 5.97 Å². The Morgan fingerprint density at radius 1 is 1.17 bits per heavy atom. The van der Waals surface area contributed by atoms with Crippen molar-refractivity contribution in [1.29, 1.82) is 0 Å². The summed E-state index contributed by atoms with van der Waals surface area (Å²) in [6.07, 6.45) is 0.931. The highest BCUT2D eigenvalue weighted by atomic mass is 16.5. The Hall–Kier alpha value is -2.18. The lowest BCUT2D eigenvalue weighted by molar-refractivity contribution is 0.0368. The number of rotatable bonds is 6. The summed E-state index contributed by atoms with van der Waals surface area (Å²) in [5, 5.41) is 13.4. The normalized spacial score (nSPS) is 15.7. The zero-order chi connectivity index (χ0) is 16.1. The smallest absolute Gasteiger partial charge is 0.356 e. The zero-order valence-electron chi connectivity index (χ0n) is 13.0. The second-order valence-corrected chi connectivity index (χ2v) is 5.62. The first-order valence-electron chi connectivity index (χ1n) is 7.91. The Kier molecular flexibility index (Phi) is 5.05. The molecule has 0 atom stereocenters. The average Bonchev–Trinajstić information content (AvgIpc) is 3.01. The molecule has 0 unspecified atom stereocenters. The van der Waals surface area contributed by atoms with Crippen molar-refractivity contribution in [3.05, 3.63) is 42.1 Å². The fourth-order valence-electron chi connectivity index (χ4n) is 2.80. The van der Waals surface area contributed by atoms with Gasteiger partial charge in [0, 0.05) is 26.2 Å². The van der Waals surface area contributed by atoms with E-state index in [0.717, 1.165) is 50.5 Å². The van der Waals surface area contributed by atoms with Gasteiger partial charge in [-0.1, -0.05) is 30.3 Å². The van der Waals surface area contributed by atoms with Gasteiger partial charge in [-0.15, -0.1) is 0 Å². The third-order valence-corrected chi connectivity index (χ3v) is 4.02. The molecule has 1 aromatic carbocycles. The second-order valence-electron chi connectivity index (χ2n) is 5.62. The van der Waals surface area contributed by atoms with E-state index in [1.165, 1.54) is 0 Å². The number of hydrogen-bond acceptors (Lipinski definition) is 4. The molecule has 0 bridgehead atoms. The number of hydrogen-bond donors (Lipinski definition) is 1. The highest BCUT2D eigenvalue weighted by Gasteiger charge is 2.15. The van der Waals surface area contributed by atoms with Crippen molar-refractivity contribution in [1.82, 2.24) is 14.7 Å². The molecule has 0 saturated carbocycles. The van der Waals surface area contributed by atoms with Crippen molar-refractivity contribution >= 4 is 5.97 Å². The molecule has 2 aromatic rings. The van der Waals surface area contributed by atoms with E-state index >= 15 is 0 Å². The molecule has 1 N–H and O–H groups in total. The molecular formula is C17H21N3O3. The summed E-state index contributed by atoms with van der Waals surface area (Å²) in [5.41, 5.74) is 1.93. The summed E-state index contributed by atoms with van der Waals surface area (Å²) < 4.78 is 7.15. The Morgan fingerprint density at radius 3 is 2.61 bits per heavy atom. The molecule has 0 amide bonds. The summed E-state index contributed by atoms with van der Waals surface area (Å²) in [4.78, 5) is 13.6. The van der Waals surface area contributed by atoms with Crippen LogP contribution in [0.25, 0.3) is 11.3 Å². The third-order valence-electron chi connectivity index (χ3n) is 4.02. The average molecular weight is 315 g/mol. The summed E-state index contributed by atoms with van der Waals surface area (Å²) in [5.74, 6) is -0.992. The van der Waals surface area contributed by atoms with Gasteiger partial charge in [-0.05, 0) is 18.1 Å². The number of benzene rings is 1. The molecule has 0 spiro atoms. The minimum absolute atomic E-state index is 0.0928. The van der Waals surface area contributed by atoms with Crippen LogP contribution in [-0.2, 0) is 11.3 Å². The van der Waals surface area contributed by atoms with E-state index in [1.54, 1.807) is 10.7 Å². The van der Waals surface area contributed by atoms with Crippen LogP contribution < -0.4 is 0 Å². The molecule has 1 fully saturated rings. The summed E-state index contributed by atoms with van der Waals surface area (Å²) >= 11 is 0. The van der Waals surface area contributed by atoms with Crippen LogP contribution in [0.4, 0.5) is 0 Å². The molecule has 1 saturated heterocycles. The molecule has 0 radical (unpaired) electrons. The first-order chi connectivity index (χ1) is 11.2. The van der Waals surface area contributed by atoms with Crippen LogP contribution >= 0.6 is 0 Å². The van der Waals surface area contributed by atoms with Gasteiger partial charge in [0.15, 0.2) is 5.69 Å². The van der Waals surface area contributed by atoms with Gasteiger partial charge in [0.05, 0.1) is 18.9 Å². The first kappa shape index (κ1) is 15.7. The van der Waals surface area contributed by atoms with Crippen molar-refractivity contribution in [2.45, 2.75) is 13.0 Å². The Labute approximate surface area is 135 Å². The van der Waals surface area contributed by atoms with Crippen LogP contribution in [0.2, 0.25) is 0 Å². The number of ether oxygens (including phenoxy) is 1. The summed E-state index contributed by atoms with van der Waals surface area (Å²) in [6, 6.07) is 11.4. The lowest BCUT2D eigenvalue weighted by Gasteiger charge is -2.26. The van der Waals surface area contributed by atoms with Gasteiger partial charge in [0.1, 0.15) is 0 Å². The maximum atomic E-state index is 11.2. The highest BCUT2D eigenvalue weighted by Crippen LogP contribution is 2.21. The molecule has 6 heteroatoms. The Morgan fingerprint density at radius 2 is 1.91 bits per heavy atom. The van der Waals surface area contributed by atoms with Gasteiger partial charge in [0.2, 0.25) is 0 Å². The molecule has 0 aliphatic carbocycles. The fraction of sp³-hybridized carbons (Fsp3) is 0.412. The maximum Gasteiger partial charge on any atom is 0.356 e. The quantitative estimate of drug-likeness (QED) is 0.883. The van der Waals surface area contributed by atoms with Crippen molar-refractivity contribution in [2.75, 3.05) is 32.8 Å². The lowest BCUT2D eigenvalue weighted by atomic mass is 10.1. The van der Waals surface area contributed by atoms with Crippen LogP contribution in [0.1, 0.15) is 16.9 Å². The molecule has 2 heterocycles. The highest BCUT2D eigenvalue weighted by molar-refractivity contribution is 5.87. The molecule has 1 aromatic heterocycles. The van der Waals surface area contributed by atoms with Crippen LogP contribution in [0.5, 0.6) is 0 Å². The third kappa shape index (κ3) is 3.97. The fourth-order valence-corrected chi connectivity index (χ4v) is 2.80. The predicted octanol–water partition coefficient (Wildman–Crippen LogP) is 1.97. The monoisotopic (exact) mass is 315 g/mol. The van der Waals surface area contributed by atoms with Gasteiger partial charge in [-0.2, -0.15) is 5.10 Å². The van der Waals surface area contributed by atoms with E-state index in [-0.39, 0.29) is 5.69 Å². The maximum absolute atomic E-state index is 11.2. The van der Waals surface area contributed by atoms with Crippen LogP contribution in [-0.4, -0.2) is 58.6 Å². The topological polar surface area (TPSA) is 67.6 Å². The van der Waals surface area contributed by atoms with E-state index in [9.17, 15) is 9.90 Å². The largest absolute Gasteiger partial charge is 0.476 e. The molecular weight excluding hydrogens is 294 g/mol. The number of aromatic carboxylic acids is 1. The van der Waals surface area contributed by atoms with Gasteiger partial charge < -0.3 is 9.84 Å². The van der Waals surface area contributed by atoms with Crippen molar-refractivity contribution in [2.24, 2.45) is 0 Å². The molecule has 23 heavy (non-hydrogen) atoms. The van der Waals surface area contributed by atoms with Crippen molar-refractivity contribution in [3.63, 3.8) is 0 Å². The number of carbonyl (C=O) groups is 1. The second kappa shape index (κ2) is 7.39. The number of nitrogens with zero attached hydrogens (tertiary/aromatic N) is 3. The molecule has 122 valence electrons. The van der Waals surface area contributed by atoms with Crippen LogP contribution in [0.15, 0.2) is 36.4 Å².